The lowest BCUT2D eigenvalue weighted by Gasteiger charge is -2.28. The van der Waals surface area contributed by atoms with E-state index >= 15 is 0 Å². The Morgan fingerprint density at radius 2 is 2.12 bits per heavy atom. The van der Waals surface area contributed by atoms with Crippen LogP contribution in [0.25, 0.3) is 6.08 Å². The Kier molecular flexibility index (Phi) is 5.29. The summed E-state index contributed by atoms with van der Waals surface area (Å²) in [6, 6.07) is 13.3. The third-order valence-electron chi connectivity index (χ3n) is 4.26. The number of hydrogen-bond donors (Lipinski definition) is 1. The normalized spacial score (nSPS) is 14.8. The quantitative estimate of drug-likeness (QED) is 0.840. The van der Waals surface area contributed by atoms with Gasteiger partial charge in [0, 0.05) is 18.1 Å². The zero-order chi connectivity index (χ0) is 17.8. The summed E-state index contributed by atoms with van der Waals surface area (Å²) < 4.78 is 5.66. The molecule has 0 fully saturated rings. The second-order valence-electron chi connectivity index (χ2n) is 6.08. The Morgan fingerprint density at radius 1 is 1.32 bits per heavy atom. The summed E-state index contributed by atoms with van der Waals surface area (Å²) >= 11 is 6.09. The van der Waals surface area contributed by atoms with Gasteiger partial charge in [-0.25, -0.2) is 0 Å². The summed E-state index contributed by atoms with van der Waals surface area (Å²) in [6.07, 6.45) is 3.23. The highest BCUT2D eigenvalue weighted by Gasteiger charge is 2.17. The second kappa shape index (κ2) is 7.62. The van der Waals surface area contributed by atoms with Gasteiger partial charge >= 0.3 is 0 Å². The molecule has 5 heteroatoms. The van der Waals surface area contributed by atoms with Crippen molar-refractivity contribution < 1.29 is 9.53 Å². The maximum absolute atomic E-state index is 12.2. The number of amides is 1. The van der Waals surface area contributed by atoms with Crippen LogP contribution in [0.1, 0.15) is 24.1 Å². The van der Waals surface area contributed by atoms with Crippen molar-refractivity contribution >= 4 is 29.3 Å². The van der Waals surface area contributed by atoms with Gasteiger partial charge in [0.05, 0.1) is 18.3 Å². The van der Waals surface area contributed by atoms with Crippen molar-refractivity contribution in [2.45, 2.75) is 13.0 Å². The van der Waals surface area contributed by atoms with Gasteiger partial charge in [0.15, 0.2) is 0 Å². The van der Waals surface area contributed by atoms with E-state index in [0.29, 0.717) is 11.6 Å². The summed E-state index contributed by atoms with van der Waals surface area (Å²) in [7, 11) is 2.04. The maximum Gasteiger partial charge on any atom is 0.244 e. The molecule has 4 nitrogen and oxygen atoms in total. The van der Waals surface area contributed by atoms with Crippen molar-refractivity contribution in [2.24, 2.45) is 0 Å². The first-order valence-corrected chi connectivity index (χ1v) is 8.63. The van der Waals surface area contributed by atoms with E-state index < -0.39 is 0 Å². The first kappa shape index (κ1) is 17.4. The number of anilines is 1. The van der Waals surface area contributed by atoms with Crippen LogP contribution in [0.3, 0.4) is 0 Å². The smallest absolute Gasteiger partial charge is 0.244 e. The Hall–Kier alpha value is -2.46. The SMILES string of the molecule is CC(NC(=O)/C=C/c1ccccc1Cl)c1ccc2c(c1)N(C)CCO2. The molecule has 1 aliphatic heterocycles. The van der Waals surface area contributed by atoms with Crippen LogP contribution in [-0.4, -0.2) is 26.1 Å². The first-order chi connectivity index (χ1) is 12.0. The molecule has 2 aromatic carbocycles. The van der Waals surface area contributed by atoms with Gasteiger partial charge in [-0.15, -0.1) is 0 Å². The summed E-state index contributed by atoms with van der Waals surface area (Å²) in [5.41, 5.74) is 2.91. The third-order valence-corrected chi connectivity index (χ3v) is 4.60. The second-order valence-corrected chi connectivity index (χ2v) is 6.49. The highest BCUT2D eigenvalue weighted by molar-refractivity contribution is 6.32. The molecule has 0 aliphatic carbocycles. The molecule has 3 rings (SSSR count). The van der Waals surface area contributed by atoms with Crippen LogP contribution in [0, 0.1) is 0 Å². The van der Waals surface area contributed by atoms with Gasteiger partial charge in [-0.1, -0.05) is 35.9 Å². The van der Waals surface area contributed by atoms with E-state index in [2.05, 4.69) is 16.3 Å². The molecular weight excluding hydrogens is 336 g/mol. The average Bonchev–Trinajstić information content (AvgIpc) is 2.61. The molecule has 1 atom stereocenters. The van der Waals surface area contributed by atoms with Gasteiger partial charge in [0.25, 0.3) is 0 Å². The number of hydrogen-bond acceptors (Lipinski definition) is 3. The van der Waals surface area contributed by atoms with Crippen LogP contribution in [0.2, 0.25) is 5.02 Å². The van der Waals surface area contributed by atoms with E-state index in [9.17, 15) is 4.79 Å². The number of carbonyl (C=O) groups is 1. The van der Waals surface area contributed by atoms with Crippen molar-refractivity contribution in [1.82, 2.24) is 5.32 Å². The fraction of sp³-hybridized carbons (Fsp3) is 0.250. The van der Waals surface area contributed by atoms with Crippen molar-refractivity contribution in [3.05, 3.63) is 64.7 Å². The minimum absolute atomic E-state index is 0.107. The van der Waals surface area contributed by atoms with Crippen molar-refractivity contribution in [3.8, 4) is 5.75 Å². The fourth-order valence-electron chi connectivity index (χ4n) is 2.76. The lowest BCUT2D eigenvalue weighted by molar-refractivity contribution is -0.117. The highest BCUT2D eigenvalue weighted by atomic mass is 35.5. The Balaban J connectivity index is 1.68. The number of halogens is 1. The van der Waals surface area contributed by atoms with E-state index in [1.165, 1.54) is 6.08 Å². The molecule has 2 aromatic rings. The van der Waals surface area contributed by atoms with E-state index in [1.54, 1.807) is 12.1 Å². The zero-order valence-corrected chi connectivity index (χ0v) is 15.1. The van der Waals surface area contributed by atoms with E-state index in [1.807, 2.05) is 44.3 Å². The molecule has 0 bridgehead atoms. The number of nitrogens with one attached hydrogen (secondary N) is 1. The van der Waals surface area contributed by atoms with Gasteiger partial charge in [0.2, 0.25) is 5.91 Å². The molecule has 0 spiro atoms. The number of rotatable bonds is 4. The Labute approximate surface area is 153 Å². The van der Waals surface area contributed by atoms with E-state index in [-0.39, 0.29) is 11.9 Å². The molecule has 130 valence electrons. The van der Waals surface area contributed by atoms with Gasteiger partial charge in [-0.05, 0) is 42.3 Å². The minimum atomic E-state index is -0.158. The highest BCUT2D eigenvalue weighted by Crippen LogP contribution is 2.33. The van der Waals surface area contributed by atoms with Crippen LogP contribution in [0.5, 0.6) is 5.75 Å². The molecule has 1 aliphatic rings. The third kappa shape index (κ3) is 4.15. The predicted molar refractivity (Wildman–Crippen MR) is 102 cm³/mol. The van der Waals surface area contributed by atoms with Crippen molar-refractivity contribution in [3.63, 3.8) is 0 Å². The minimum Gasteiger partial charge on any atom is -0.490 e. The molecule has 1 heterocycles. The van der Waals surface area contributed by atoms with Gasteiger partial charge < -0.3 is 15.0 Å². The Morgan fingerprint density at radius 3 is 2.92 bits per heavy atom. The molecule has 0 aromatic heterocycles. The molecule has 0 radical (unpaired) electrons. The molecule has 25 heavy (non-hydrogen) atoms. The standard InChI is InChI=1S/C20H21ClN2O2/c1-14(16-7-9-19-18(13-16)23(2)11-12-25-19)22-20(24)10-8-15-5-3-4-6-17(15)21/h3-10,13-14H,11-12H2,1-2H3,(H,22,24)/b10-8+. The summed E-state index contributed by atoms with van der Waals surface area (Å²) in [5, 5.41) is 3.60. The topological polar surface area (TPSA) is 41.6 Å². The maximum atomic E-state index is 12.2. The molecule has 1 unspecified atom stereocenters. The van der Waals surface area contributed by atoms with Crippen LogP contribution >= 0.6 is 11.6 Å². The molecule has 0 saturated heterocycles. The zero-order valence-electron chi connectivity index (χ0n) is 14.3. The predicted octanol–water partition coefficient (Wildman–Crippen LogP) is 4.06. The van der Waals surface area contributed by atoms with Gasteiger partial charge in [-0.3, -0.25) is 4.79 Å². The van der Waals surface area contributed by atoms with E-state index in [4.69, 9.17) is 16.3 Å². The summed E-state index contributed by atoms with van der Waals surface area (Å²) in [6.45, 7) is 3.52. The Bertz CT molecular complexity index is 804. The van der Waals surface area contributed by atoms with E-state index in [0.717, 1.165) is 29.1 Å². The van der Waals surface area contributed by atoms with Crippen molar-refractivity contribution in [2.75, 3.05) is 25.1 Å². The monoisotopic (exact) mass is 356 g/mol. The molecule has 1 amide bonds. The van der Waals surface area contributed by atoms with Crippen LogP contribution in [-0.2, 0) is 4.79 Å². The summed E-state index contributed by atoms with van der Waals surface area (Å²) in [5.74, 6) is 0.726. The number of fused-ring (bicyclic) bond motifs is 1. The number of ether oxygens (including phenoxy) is 1. The fourth-order valence-corrected chi connectivity index (χ4v) is 2.96. The molecule has 0 saturated carbocycles. The van der Waals surface area contributed by atoms with Crippen molar-refractivity contribution in [1.29, 1.82) is 0 Å². The lowest BCUT2D eigenvalue weighted by Crippen LogP contribution is -2.29. The first-order valence-electron chi connectivity index (χ1n) is 8.25. The van der Waals surface area contributed by atoms with Crippen LogP contribution in [0.4, 0.5) is 5.69 Å². The van der Waals surface area contributed by atoms with Gasteiger partial charge in [-0.2, -0.15) is 0 Å². The molecular formula is C20H21ClN2O2. The number of likely N-dealkylation sites (N-methyl/N-ethyl adjacent to an activating group) is 1. The lowest BCUT2D eigenvalue weighted by atomic mass is 10.1. The average molecular weight is 357 g/mol. The van der Waals surface area contributed by atoms with Gasteiger partial charge in [0.1, 0.15) is 12.4 Å². The van der Waals surface area contributed by atoms with Crippen LogP contribution < -0.4 is 15.0 Å². The molecule has 1 N–H and O–H groups in total. The van der Waals surface area contributed by atoms with Crippen LogP contribution in [0.15, 0.2) is 48.5 Å². The largest absolute Gasteiger partial charge is 0.490 e. The summed E-state index contributed by atoms with van der Waals surface area (Å²) in [4.78, 5) is 14.3. The number of nitrogens with zero attached hydrogens (tertiary/aromatic N) is 1. The number of carbonyl (C=O) groups excluding carboxylic acids is 1. The number of benzene rings is 2.